The first-order valence-electron chi connectivity index (χ1n) is 6.77. The van der Waals surface area contributed by atoms with Crippen molar-refractivity contribution in [3.8, 4) is 0 Å². The van der Waals surface area contributed by atoms with Crippen molar-refractivity contribution in [2.24, 2.45) is 0 Å². The molecule has 6 heteroatoms. The number of thiophene rings is 1. The van der Waals surface area contributed by atoms with E-state index >= 15 is 0 Å². The smallest absolute Gasteiger partial charge is 0.326 e. The molecule has 1 unspecified atom stereocenters. The Balaban J connectivity index is 2.04. The molecule has 1 fully saturated rings. The Morgan fingerprint density at radius 1 is 1.50 bits per heavy atom. The fourth-order valence-corrected chi connectivity index (χ4v) is 3.72. The second-order valence-corrected chi connectivity index (χ2v) is 6.69. The van der Waals surface area contributed by atoms with Gasteiger partial charge in [0.05, 0.1) is 6.04 Å². The third-order valence-electron chi connectivity index (χ3n) is 3.68. The molecule has 5 nitrogen and oxygen atoms in total. The zero-order valence-electron chi connectivity index (χ0n) is 12.0. The molecule has 2 amide bonds. The molecule has 0 bridgehead atoms. The second-order valence-electron chi connectivity index (χ2n) is 5.23. The van der Waals surface area contributed by atoms with Gasteiger partial charge in [-0.05, 0) is 45.2 Å². The first-order chi connectivity index (χ1) is 9.40. The fraction of sp³-hybridized carbons (Fsp3) is 0.571. The third kappa shape index (κ3) is 2.95. The van der Waals surface area contributed by atoms with Gasteiger partial charge in [0.25, 0.3) is 0 Å². The number of carboxylic acid groups (broad SMARTS) is 1. The summed E-state index contributed by atoms with van der Waals surface area (Å²) in [5, 5.41) is 12.0. The fourth-order valence-electron chi connectivity index (χ4n) is 2.69. The van der Waals surface area contributed by atoms with Crippen LogP contribution in [0.1, 0.15) is 41.1 Å². The molecule has 0 aromatic carbocycles. The summed E-state index contributed by atoms with van der Waals surface area (Å²) in [6.45, 7) is 6.51. The summed E-state index contributed by atoms with van der Waals surface area (Å²) in [4.78, 5) is 27.1. The number of rotatable bonds is 3. The van der Waals surface area contributed by atoms with Crippen LogP contribution in [0.4, 0.5) is 4.79 Å². The lowest BCUT2D eigenvalue weighted by Gasteiger charge is -2.24. The molecule has 0 radical (unpaired) electrons. The average Bonchev–Trinajstić information content (AvgIpc) is 2.95. The van der Waals surface area contributed by atoms with Gasteiger partial charge in [-0.2, -0.15) is 0 Å². The lowest BCUT2D eigenvalue weighted by atomic mass is 10.1. The van der Waals surface area contributed by atoms with Crippen molar-refractivity contribution < 1.29 is 14.7 Å². The molecule has 2 heterocycles. The molecule has 1 aliphatic rings. The van der Waals surface area contributed by atoms with Crippen molar-refractivity contribution in [2.75, 3.05) is 6.54 Å². The van der Waals surface area contributed by atoms with Gasteiger partial charge in [0.1, 0.15) is 6.04 Å². The monoisotopic (exact) mass is 296 g/mol. The maximum atomic E-state index is 12.2. The van der Waals surface area contributed by atoms with Gasteiger partial charge in [-0.25, -0.2) is 9.59 Å². The predicted octanol–water partition coefficient (Wildman–Crippen LogP) is 2.68. The standard InChI is InChI=1S/C14H20N2O3S/c1-8-7-11(10(3)20-8)9(2)15-14(19)16-6-4-5-12(16)13(17)18/h7,9,12H,4-6H2,1-3H3,(H,15,19)(H,17,18)/t9?,12-/m0/s1. The number of aryl methyl sites for hydroxylation is 2. The van der Waals surface area contributed by atoms with Gasteiger partial charge in [-0.3, -0.25) is 0 Å². The highest BCUT2D eigenvalue weighted by molar-refractivity contribution is 7.12. The minimum Gasteiger partial charge on any atom is -0.480 e. The van der Waals surface area contributed by atoms with E-state index in [9.17, 15) is 9.59 Å². The Morgan fingerprint density at radius 2 is 2.20 bits per heavy atom. The first kappa shape index (κ1) is 14.8. The lowest BCUT2D eigenvalue weighted by Crippen LogP contribution is -2.46. The number of carboxylic acids is 1. The first-order valence-corrected chi connectivity index (χ1v) is 7.58. The summed E-state index contributed by atoms with van der Waals surface area (Å²) in [5.74, 6) is -0.923. The summed E-state index contributed by atoms with van der Waals surface area (Å²) in [7, 11) is 0. The van der Waals surface area contributed by atoms with Crippen molar-refractivity contribution in [3.63, 3.8) is 0 Å². The molecule has 0 spiro atoms. The molecular weight excluding hydrogens is 276 g/mol. The third-order valence-corrected chi connectivity index (χ3v) is 4.67. The summed E-state index contributed by atoms with van der Waals surface area (Å²) in [6, 6.07) is 0.990. The van der Waals surface area contributed by atoms with Crippen LogP contribution in [-0.2, 0) is 4.79 Å². The number of carbonyl (C=O) groups is 2. The number of carbonyl (C=O) groups excluding carboxylic acids is 1. The van der Waals surface area contributed by atoms with E-state index in [1.54, 1.807) is 11.3 Å². The number of nitrogens with zero attached hydrogens (tertiary/aromatic N) is 1. The maximum Gasteiger partial charge on any atom is 0.326 e. The highest BCUT2D eigenvalue weighted by atomic mass is 32.1. The Kier molecular flexibility index (Phi) is 4.32. The van der Waals surface area contributed by atoms with Crippen LogP contribution in [0.5, 0.6) is 0 Å². The molecule has 0 saturated carbocycles. The summed E-state index contributed by atoms with van der Waals surface area (Å²) in [6.07, 6.45) is 1.28. The highest BCUT2D eigenvalue weighted by Gasteiger charge is 2.34. The minimum absolute atomic E-state index is 0.109. The van der Waals surface area contributed by atoms with Crippen LogP contribution in [0.2, 0.25) is 0 Å². The molecular formula is C14H20N2O3S. The van der Waals surface area contributed by atoms with Gasteiger partial charge in [-0.1, -0.05) is 0 Å². The second kappa shape index (κ2) is 5.83. The normalized spacial score (nSPS) is 19.9. The summed E-state index contributed by atoms with van der Waals surface area (Å²) in [5.41, 5.74) is 1.10. The van der Waals surface area contributed by atoms with E-state index in [-0.39, 0.29) is 12.1 Å². The molecule has 2 rings (SSSR count). The number of hydrogen-bond acceptors (Lipinski definition) is 3. The van der Waals surface area contributed by atoms with Crippen molar-refractivity contribution in [2.45, 2.75) is 45.7 Å². The number of hydrogen-bond donors (Lipinski definition) is 2. The van der Waals surface area contributed by atoms with E-state index in [1.165, 1.54) is 14.7 Å². The van der Waals surface area contributed by atoms with E-state index in [0.29, 0.717) is 13.0 Å². The van der Waals surface area contributed by atoms with E-state index < -0.39 is 12.0 Å². The summed E-state index contributed by atoms with van der Waals surface area (Å²) >= 11 is 1.70. The quantitative estimate of drug-likeness (QED) is 0.901. The predicted molar refractivity (Wildman–Crippen MR) is 78.1 cm³/mol. The van der Waals surface area contributed by atoms with Crippen LogP contribution in [0, 0.1) is 13.8 Å². The lowest BCUT2D eigenvalue weighted by molar-refractivity contribution is -0.141. The largest absolute Gasteiger partial charge is 0.480 e. The van der Waals surface area contributed by atoms with E-state index in [0.717, 1.165) is 12.0 Å². The van der Waals surface area contributed by atoms with E-state index in [4.69, 9.17) is 5.11 Å². The molecule has 110 valence electrons. The number of nitrogens with one attached hydrogen (secondary N) is 1. The maximum absolute atomic E-state index is 12.2. The zero-order chi connectivity index (χ0) is 14.9. The Labute approximate surface area is 122 Å². The van der Waals surface area contributed by atoms with Gasteiger partial charge in [0.2, 0.25) is 0 Å². The molecule has 1 saturated heterocycles. The average molecular weight is 296 g/mol. The van der Waals surface area contributed by atoms with Crippen molar-refractivity contribution in [3.05, 3.63) is 21.4 Å². The number of aliphatic carboxylic acids is 1. The molecule has 1 aromatic rings. The Hall–Kier alpha value is -1.56. The molecule has 20 heavy (non-hydrogen) atoms. The Bertz CT molecular complexity index is 526. The molecule has 0 aliphatic carbocycles. The van der Waals surface area contributed by atoms with Gasteiger partial charge in [-0.15, -0.1) is 11.3 Å². The molecule has 1 aromatic heterocycles. The van der Waals surface area contributed by atoms with Crippen LogP contribution in [0.25, 0.3) is 0 Å². The highest BCUT2D eigenvalue weighted by Crippen LogP contribution is 2.26. The van der Waals surface area contributed by atoms with Crippen LogP contribution in [0.15, 0.2) is 6.07 Å². The molecule has 1 aliphatic heterocycles. The Morgan fingerprint density at radius 3 is 2.75 bits per heavy atom. The minimum atomic E-state index is -0.923. The van der Waals surface area contributed by atoms with Gasteiger partial charge < -0.3 is 15.3 Å². The van der Waals surface area contributed by atoms with E-state index in [1.807, 2.05) is 20.8 Å². The van der Waals surface area contributed by atoms with Crippen LogP contribution < -0.4 is 5.32 Å². The molecule has 2 atom stereocenters. The SMILES string of the molecule is Cc1cc(C(C)NC(=O)N2CCC[C@H]2C(=O)O)c(C)s1. The van der Waals surface area contributed by atoms with Gasteiger partial charge in [0, 0.05) is 16.3 Å². The van der Waals surface area contributed by atoms with E-state index in [2.05, 4.69) is 11.4 Å². The van der Waals surface area contributed by atoms with Crippen LogP contribution in [-0.4, -0.2) is 34.6 Å². The van der Waals surface area contributed by atoms with Crippen molar-refractivity contribution in [1.29, 1.82) is 0 Å². The van der Waals surface area contributed by atoms with Crippen molar-refractivity contribution in [1.82, 2.24) is 10.2 Å². The summed E-state index contributed by atoms with van der Waals surface area (Å²) < 4.78 is 0. The zero-order valence-corrected chi connectivity index (χ0v) is 12.8. The van der Waals surface area contributed by atoms with Gasteiger partial charge in [0.15, 0.2) is 0 Å². The van der Waals surface area contributed by atoms with Crippen LogP contribution in [0.3, 0.4) is 0 Å². The number of likely N-dealkylation sites (tertiary alicyclic amines) is 1. The van der Waals surface area contributed by atoms with Crippen molar-refractivity contribution >= 4 is 23.3 Å². The number of urea groups is 1. The molecule has 2 N–H and O–H groups in total. The topological polar surface area (TPSA) is 69.6 Å². The van der Waals surface area contributed by atoms with Crippen LogP contribution >= 0.6 is 11.3 Å². The van der Waals surface area contributed by atoms with Gasteiger partial charge >= 0.3 is 12.0 Å². The number of amides is 2.